The number of nitrogens with zero attached hydrogens (tertiary/aromatic N) is 4. The van der Waals surface area contributed by atoms with Crippen LogP contribution >= 0.6 is 0 Å². The summed E-state index contributed by atoms with van der Waals surface area (Å²) in [4.78, 5) is 6.35. The topological polar surface area (TPSA) is 13.6 Å². The van der Waals surface area contributed by atoms with Gasteiger partial charge in [-0.1, -0.05) is 48.6 Å². The Morgan fingerprint density at radius 3 is 0.975 bits per heavy atom. The first-order valence-electron chi connectivity index (χ1n) is 13.6. The van der Waals surface area contributed by atoms with E-state index in [4.69, 9.17) is 0 Å². The Morgan fingerprint density at radius 2 is 0.675 bits per heavy atom. The Balaban J connectivity index is 1.67. The van der Waals surface area contributed by atoms with Crippen molar-refractivity contribution in [2.45, 2.75) is 0 Å². The fourth-order valence-corrected chi connectivity index (χ4v) is 4.35. The molecule has 1 aromatic heterocycles. The number of pyridine rings is 1. The second kappa shape index (κ2) is 13.0. The number of rotatable bonds is 9. The van der Waals surface area contributed by atoms with Crippen molar-refractivity contribution >= 4 is 53.5 Å². The molecule has 4 rings (SSSR count). The van der Waals surface area contributed by atoms with E-state index in [1.54, 1.807) is 0 Å². The highest BCUT2D eigenvalue weighted by Crippen LogP contribution is 2.19. The molecule has 0 N–H and O–H groups in total. The molecule has 0 saturated carbocycles. The molecule has 204 valence electrons. The largest absolute Gasteiger partial charge is 0.378 e. The minimum atomic E-state index is 1.13. The Bertz CT molecular complexity index is 1410. The molecule has 0 amide bonds. The van der Waals surface area contributed by atoms with Gasteiger partial charge in [0, 0.05) is 83.6 Å². The lowest BCUT2D eigenvalue weighted by Crippen LogP contribution is -2.35. The van der Waals surface area contributed by atoms with Gasteiger partial charge in [0.2, 0.25) is 11.4 Å². The number of anilines is 3. The van der Waals surface area contributed by atoms with Crippen molar-refractivity contribution < 1.29 is 4.57 Å². The average Bonchev–Trinajstić information content (AvgIpc) is 2.95. The van der Waals surface area contributed by atoms with E-state index in [0.29, 0.717) is 0 Å². The van der Waals surface area contributed by atoms with E-state index < -0.39 is 0 Å². The molecular weight excluding hydrogens is 488 g/mol. The maximum atomic E-state index is 2.23. The lowest BCUT2D eigenvalue weighted by Gasteiger charge is -2.12. The Kier molecular flexibility index (Phi) is 9.23. The van der Waals surface area contributed by atoms with Gasteiger partial charge in [-0.05, 0) is 70.8 Å². The van der Waals surface area contributed by atoms with E-state index in [2.05, 4.69) is 190 Å². The van der Waals surface area contributed by atoms with Gasteiger partial charge in [-0.25, -0.2) is 0 Å². The number of hydrogen-bond acceptors (Lipinski definition) is 3. The molecule has 0 bridgehead atoms. The molecule has 4 aromatic rings. The van der Waals surface area contributed by atoms with Crippen LogP contribution in [-0.4, -0.2) is 42.3 Å². The number of hydrogen-bond donors (Lipinski definition) is 0. The third-order valence-electron chi connectivity index (χ3n) is 6.99. The van der Waals surface area contributed by atoms with E-state index in [9.17, 15) is 0 Å². The first kappa shape index (κ1) is 28.4. The van der Waals surface area contributed by atoms with Gasteiger partial charge in [-0.2, -0.15) is 4.57 Å². The van der Waals surface area contributed by atoms with E-state index in [1.165, 1.54) is 33.8 Å². The van der Waals surface area contributed by atoms with Crippen LogP contribution in [0.2, 0.25) is 0 Å². The average molecular weight is 530 g/mol. The van der Waals surface area contributed by atoms with Crippen LogP contribution in [-0.2, 0) is 7.05 Å². The highest BCUT2D eigenvalue weighted by Gasteiger charge is 2.11. The molecule has 0 saturated heterocycles. The summed E-state index contributed by atoms with van der Waals surface area (Å²) in [5.41, 5.74) is 10.5. The lowest BCUT2D eigenvalue weighted by molar-refractivity contribution is -0.675. The van der Waals surface area contributed by atoms with Crippen molar-refractivity contribution in [2.75, 3.05) is 57.0 Å². The van der Waals surface area contributed by atoms with Gasteiger partial charge in [0.15, 0.2) is 0 Å². The molecule has 1 heterocycles. The number of benzene rings is 3. The van der Waals surface area contributed by atoms with Crippen LogP contribution in [0.3, 0.4) is 0 Å². The van der Waals surface area contributed by atoms with Gasteiger partial charge >= 0.3 is 0 Å². The van der Waals surface area contributed by atoms with Crippen molar-refractivity contribution in [3.05, 3.63) is 119 Å². The third-order valence-corrected chi connectivity index (χ3v) is 6.99. The molecule has 40 heavy (non-hydrogen) atoms. The monoisotopic (exact) mass is 529 g/mol. The van der Waals surface area contributed by atoms with Crippen LogP contribution in [0.4, 0.5) is 17.1 Å². The van der Waals surface area contributed by atoms with Gasteiger partial charge in [-0.3, -0.25) is 0 Å². The van der Waals surface area contributed by atoms with Gasteiger partial charge < -0.3 is 14.7 Å². The second-order valence-corrected chi connectivity index (χ2v) is 10.7. The molecule has 0 unspecified atom stereocenters. The normalized spacial score (nSPS) is 11.6. The molecule has 0 atom stereocenters. The van der Waals surface area contributed by atoms with Crippen LogP contribution in [0.5, 0.6) is 0 Å². The molecular formula is C36H41N4+. The molecule has 4 heteroatoms. The summed E-state index contributed by atoms with van der Waals surface area (Å²) in [6.07, 6.45) is 13.1. The summed E-state index contributed by atoms with van der Waals surface area (Å²) >= 11 is 0. The fourth-order valence-electron chi connectivity index (χ4n) is 4.35. The Labute approximate surface area is 240 Å². The number of aromatic nitrogens is 1. The van der Waals surface area contributed by atoms with E-state index >= 15 is 0 Å². The van der Waals surface area contributed by atoms with Crippen LogP contribution in [0.15, 0.2) is 84.9 Å². The molecule has 4 nitrogen and oxygen atoms in total. The highest BCUT2D eigenvalue weighted by atomic mass is 15.1. The lowest BCUT2D eigenvalue weighted by atomic mass is 10.1. The van der Waals surface area contributed by atoms with Crippen molar-refractivity contribution in [2.24, 2.45) is 7.05 Å². The Morgan fingerprint density at radius 1 is 0.400 bits per heavy atom. The van der Waals surface area contributed by atoms with Crippen molar-refractivity contribution in [3.63, 3.8) is 0 Å². The van der Waals surface area contributed by atoms with E-state index in [0.717, 1.165) is 17.0 Å². The van der Waals surface area contributed by atoms with Gasteiger partial charge in [0.1, 0.15) is 7.05 Å². The standard InChI is InChI=1S/C36H41N4/c1-37(2)32-18-10-28(11-19-32)8-9-31-26-35(24-16-29-12-20-33(21-13-29)38(3)4)40(7)36(27-31)25-17-30-14-22-34(23-15-30)39(5)6/h8-27H,1-7H3/q+1. The molecule has 3 aromatic carbocycles. The van der Waals surface area contributed by atoms with Crippen molar-refractivity contribution in [1.29, 1.82) is 0 Å². The summed E-state index contributed by atoms with van der Waals surface area (Å²) < 4.78 is 2.23. The summed E-state index contributed by atoms with van der Waals surface area (Å²) in [7, 11) is 14.5. The predicted molar refractivity (Wildman–Crippen MR) is 177 cm³/mol. The third kappa shape index (κ3) is 7.51. The van der Waals surface area contributed by atoms with Crippen molar-refractivity contribution in [3.8, 4) is 0 Å². The van der Waals surface area contributed by atoms with Gasteiger partial charge in [-0.15, -0.1) is 0 Å². The zero-order chi connectivity index (χ0) is 28.6. The van der Waals surface area contributed by atoms with E-state index in [-0.39, 0.29) is 0 Å². The smallest absolute Gasteiger partial charge is 0.206 e. The molecule has 0 radical (unpaired) electrons. The Hall–Kier alpha value is -4.57. The minimum Gasteiger partial charge on any atom is -0.378 e. The maximum Gasteiger partial charge on any atom is 0.206 e. The van der Waals surface area contributed by atoms with Crippen molar-refractivity contribution in [1.82, 2.24) is 0 Å². The predicted octanol–water partition coefficient (Wildman–Crippen LogP) is 7.22. The molecule has 0 aliphatic heterocycles. The summed E-state index contributed by atoms with van der Waals surface area (Å²) in [5, 5.41) is 0. The van der Waals surface area contributed by atoms with Gasteiger partial charge in [0.25, 0.3) is 0 Å². The SMILES string of the molecule is CN(C)c1ccc(/C=C/c2cc(/C=C/c3ccc(N(C)C)cc3)[n+](C)c(/C=C/c3ccc(N(C)C)cc3)c2)cc1. The fraction of sp³-hybridized carbons (Fsp3) is 0.194. The second-order valence-electron chi connectivity index (χ2n) is 10.7. The van der Waals surface area contributed by atoms with Crippen LogP contribution in [0, 0.1) is 0 Å². The van der Waals surface area contributed by atoms with Crippen LogP contribution in [0.25, 0.3) is 36.5 Å². The first-order chi connectivity index (χ1) is 19.2. The van der Waals surface area contributed by atoms with Crippen LogP contribution < -0.4 is 19.3 Å². The zero-order valence-corrected chi connectivity index (χ0v) is 24.8. The molecule has 0 aliphatic rings. The maximum absolute atomic E-state index is 2.23. The quantitative estimate of drug-likeness (QED) is 0.213. The zero-order valence-electron chi connectivity index (χ0n) is 24.8. The van der Waals surface area contributed by atoms with E-state index in [1.807, 2.05) is 0 Å². The summed E-state index contributed by atoms with van der Waals surface area (Å²) in [6, 6.07) is 30.3. The minimum absolute atomic E-state index is 1.13. The summed E-state index contributed by atoms with van der Waals surface area (Å²) in [5.74, 6) is 0. The molecule has 0 spiro atoms. The highest BCUT2D eigenvalue weighted by molar-refractivity contribution is 5.75. The molecule has 0 fully saturated rings. The van der Waals surface area contributed by atoms with Crippen LogP contribution in [0.1, 0.15) is 33.6 Å². The summed E-state index contributed by atoms with van der Waals surface area (Å²) in [6.45, 7) is 0. The van der Waals surface area contributed by atoms with Gasteiger partial charge in [0.05, 0.1) is 0 Å². The first-order valence-corrected chi connectivity index (χ1v) is 13.6. The molecule has 0 aliphatic carbocycles.